The van der Waals surface area contributed by atoms with Gasteiger partial charge in [-0.25, -0.2) is 4.98 Å². The van der Waals surface area contributed by atoms with Crippen LogP contribution >= 0.6 is 0 Å². The lowest BCUT2D eigenvalue weighted by Gasteiger charge is -2.01. The van der Waals surface area contributed by atoms with E-state index < -0.39 is 4.92 Å². The predicted octanol–water partition coefficient (Wildman–Crippen LogP) is 2.15. The lowest BCUT2D eigenvalue weighted by atomic mass is 10.2. The molecular formula is C13H12N4O3. The molecule has 7 heteroatoms. The number of aromatic nitrogens is 2. The van der Waals surface area contributed by atoms with Crippen molar-refractivity contribution in [1.29, 1.82) is 0 Å². The molecule has 0 fully saturated rings. The number of nitrogens with zero attached hydrogens (tertiary/aromatic N) is 3. The first-order valence-electron chi connectivity index (χ1n) is 5.69. The highest BCUT2D eigenvalue weighted by atomic mass is 16.6. The third kappa shape index (κ3) is 2.89. The monoisotopic (exact) mass is 272 g/mol. The molecule has 0 spiro atoms. The summed E-state index contributed by atoms with van der Waals surface area (Å²) in [4.78, 5) is 18.2. The van der Waals surface area contributed by atoms with E-state index in [0.29, 0.717) is 17.0 Å². The van der Waals surface area contributed by atoms with Crippen LogP contribution in [0.4, 0.5) is 11.5 Å². The maximum Gasteiger partial charge on any atom is 0.318 e. The summed E-state index contributed by atoms with van der Waals surface area (Å²) in [6.45, 7) is 0. The summed E-state index contributed by atoms with van der Waals surface area (Å²) in [6, 6.07) is 4.95. The van der Waals surface area contributed by atoms with Crippen molar-refractivity contribution in [3.63, 3.8) is 0 Å². The number of anilines is 1. The molecule has 0 aliphatic rings. The fourth-order valence-corrected chi connectivity index (χ4v) is 1.64. The van der Waals surface area contributed by atoms with Gasteiger partial charge in [-0.05, 0) is 24.3 Å². The first-order chi connectivity index (χ1) is 9.61. The van der Waals surface area contributed by atoms with Crippen molar-refractivity contribution < 1.29 is 9.66 Å². The Kier molecular flexibility index (Phi) is 3.90. The number of nitro groups is 1. The summed E-state index contributed by atoms with van der Waals surface area (Å²) >= 11 is 0. The second-order valence-corrected chi connectivity index (χ2v) is 3.85. The van der Waals surface area contributed by atoms with Gasteiger partial charge in [-0.1, -0.05) is 0 Å². The van der Waals surface area contributed by atoms with E-state index in [0.717, 1.165) is 0 Å². The molecule has 0 radical (unpaired) electrons. The Morgan fingerprint density at radius 3 is 2.75 bits per heavy atom. The highest BCUT2D eigenvalue weighted by molar-refractivity contribution is 5.76. The van der Waals surface area contributed by atoms with Gasteiger partial charge in [0.15, 0.2) is 0 Å². The molecule has 2 heterocycles. The summed E-state index contributed by atoms with van der Waals surface area (Å²) in [5.41, 5.74) is 6.29. The third-order valence-electron chi connectivity index (χ3n) is 2.59. The van der Waals surface area contributed by atoms with Crippen LogP contribution in [0.5, 0.6) is 5.75 Å². The summed E-state index contributed by atoms with van der Waals surface area (Å²) in [6.07, 6.45) is 6.22. The lowest BCUT2D eigenvalue weighted by Crippen LogP contribution is -2.00. The van der Waals surface area contributed by atoms with E-state index in [1.807, 2.05) is 0 Å². The van der Waals surface area contributed by atoms with Crippen molar-refractivity contribution in [3.8, 4) is 5.75 Å². The second-order valence-electron chi connectivity index (χ2n) is 3.85. The molecular weight excluding hydrogens is 260 g/mol. The molecule has 0 aromatic carbocycles. The van der Waals surface area contributed by atoms with Crippen molar-refractivity contribution in [3.05, 3.63) is 52.0 Å². The van der Waals surface area contributed by atoms with E-state index >= 15 is 0 Å². The number of rotatable bonds is 4. The van der Waals surface area contributed by atoms with Crippen LogP contribution in [-0.2, 0) is 0 Å². The minimum Gasteiger partial charge on any atom is -0.497 e. The largest absolute Gasteiger partial charge is 0.497 e. The number of nitrogen functional groups attached to an aromatic ring is 1. The second kappa shape index (κ2) is 5.79. The van der Waals surface area contributed by atoms with Gasteiger partial charge in [-0.2, -0.15) is 0 Å². The zero-order valence-corrected chi connectivity index (χ0v) is 10.7. The summed E-state index contributed by atoms with van der Waals surface area (Å²) in [7, 11) is 1.55. The summed E-state index contributed by atoms with van der Waals surface area (Å²) in [5.74, 6) is 0.541. The summed E-state index contributed by atoms with van der Waals surface area (Å²) in [5, 5.41) is 11.0. The molecule has 0 amide bonds. The summed E-state index contributed by atoms with van der Waals surface area (Å²) < 4.78 is 5.08. The van der Waals surface area contributed by atoms with E-state index in [2.05, 4.69) is 9.97 Å². The van der Waals surface area contributed by atoms with Gasteiger partial charge in [-0.3, -0.25) is 15.1 Å². The van der Waals surface area contributed by atoms with Gasteiger partial charge in [0.25, 0.3) is 0 Å². The number of ether oxygens (including phenoxy) is 1. The van der Waals surface area contributed by atoms with Crippen LogP contribution in [0, 0.1) is 10.1 Å². The molecule has 2 N–H and O–H groups in total. The van der Waals surface area contributed by atoms with Crippen molar-refractivity contribution in [2.45, 2.75) is 0 Å². The maximum atomic E-state index is 11.0. The number of methoxy groups -OCH3 is 1. The predicted molar refractivity (Wildman–Crippen MR) is 75.0 cm³/mol. The molecule has 0 atom stereocenters. The van der Waals surface area contributed by atoms with Crippen molar-refractivity contribution in [1.82, 2.24) is 9.97 Å². The standard InChI is InChI=1S/C13H12N4O3/c1-20-11-5-7-15-10(8-11)3-2-9-4-6-16-13(14)12(9)17(18)19/h2-8H,1H3,(H2,14,16). The van der Waals surface area contributed by atoms with Crippen LogP contribution in [0.1, 0.15) is 11.3 Å². The van der Waals surface area contributed by atoms with Gasteiger partial charge in [0, 0.05) is 18.5 Å². The average Bonchev–Trinajstić information content (AvgIpc) is 2.45. The minimum absolute atomic E-state index is 0.115. The fraction of sp³-hybridized carbons (Fsp3) is 0.0769. The van der Waals surface area contributed by atoms with Crippen LogP contribution in [0.3, 0.4) is 0 Å². The van der Waals surface area contributed by atoms with Crippen molar-refractivity contribution in [2.75, 3.05) is 12.8 Å². The lowest BCUT2D eigenvalue weighted by molar-refractivity contribution is -0.384. The quantitative estimate of drug-likeness (QED) is 0.675. The fourth-order valence-electron chi connectivity index (χ4n) is 1.64. The van der Waals surface area contributed by atoms with Gasteiger partial charge in [0.1, 0.15) is 5.75 Å². The van der Waals surface area contributed by atoms with Gasteiger partial charge in [0.2, 0.25) is 5.82 Å². The number of nitrogens with two attached hydrogens (primary N) is 1. The molecule has 102 valence electrons. The Bertz CT molecular complexity index is 670. The Hall–Kier alpha value is -2.96. The molecule has 0 unspecified atom stereocenters. The maximum absolute atomic E-state index is 11.0. The minimum atomic E-state index is -0.555. The Balaban J connectivity index is 2.36. The van der Waals surface area contributed by atoms with Crippen LogP contribution in [0.2, 0.25) is 0 Å². The SMILES string of the molecule is COc1ccnc(C=Cc2ccnc(N)c2[N+](=O)[O-])c1. The molecule has 0 saturated carbocycles. The molecule has 2 rings (SSSR count). The van der Waals surface area contributed by atoms with E-state index in [9.17, 15) is 10.1 Å². The molecule has 2 aromatic rings. The Labute approximate surface area is 114 Å². The van der Waals surface area contributed by atoms with E-state index in [1.165, 1.54) is 12.3 Å². The normalized spacial score (nSPS) is 10.7. The van der Waals surface area contributed by atoms with Gasteiger partial charge in [-0.15, -0.1) is 0 Å². The number of pyridine rings is 2. The van der Waals surface area contributed by atoms with Gasteiger partial charge in [0.05, 0.1) is 23.3 Å². The van der Waals surface area contributed by atoms with E-state index in [-0.39, 0.29) is 11.5 Å². The zero-order valence-electron chi connectivity index (χ0n) is 10.7. The topological polar surface area (TPSA) is 104 Å². The highest BCUT2D eigenvalue weighted by Crippen LogP contribution is 2.25. The molecule has 0 bridgehead atoms. The molecule has 20 heavy (non-hydrogen) atoms. The molecule has 0 aliphatic carbocycles. The number of hydrogen-bond donors (Lipinski definition) is 1. The molecule has 7 nitrogen and oxygen atoms in total. The Morgan fingerprint density at radius 2 is 2.05 bits per heavy atom. The molecule has 2 aromatic heterocycles. The smallest absolute Gasteiger partial charge is 0.318 e. The van der Waals surface area contributed by atoms with Gasteiger partial charge >= 0.3 is 5.69 Å². The first kappa shape index (κ1) is 13.5. The number of hydrogen-bond acceptors (Lipinski definition) is 6. The molecule has 0 aliphatic heterocycles. The zero-order chi connectivity index (χ0) is 14.5. The van der Waals surface area contributed by atoms with Crippen LogP contribution in [0.15, 0.2) is 30.6 Å². The van der Waals surface area contributed by atoms with E-state index in [4.69, 9.17) is 10.5 Å². The van der Waals surface area contributed by atoms with Crippen molar-refractivity contribution >= 4 is 23.7 Å². The van der Waals surface area contributed by atoms with E-state index in [1.54, 1.807) is 37.6 Å². The third-order valence-corrected chi connectivity index (χ3v) is 2.59. The van der Waals surface area contributed by atoms with Crippen LogP contribution < -0.4 is 10.5 Å². The average molecular weight is 272 g/mol. The molecule has 0 saturated heterocycles. The van der Waals surface area contributed by atoms with Crippen LogP contribution in [-0.4, -0.2) is 22.0 Å². The Morgan fingerprint density at radius 1 is 1.30 bits per heavy atom. The van der Waals surface area contributed by atoms with Gasteiger partial charge < -0.3 is 10.5 Å². The highest BCUT2D eigenvalue weighted by Gasteiger charge is 2.16. The van der Waals surface area contributed by atoms with Crippen LogP contribution in [0.25, 0.3) is 12.2 Å². The van der Waals surface area contributed by atoms with Crippen molar-refractivity contribution in [2.24, 2.45) is 0 Å². The first-order valence-corrected chi connectivity index (χ1v) is 5.69.